The summed E-state index contributed by atoms with van der Waals surface area (Å²) in [5.41, 5.74) is 3.61. The average Bonchev–Trinajstić information content (AvgIpc) is 2.90. The van der Waals surface area contributed by atoms with Crippen LogP contribution in [0.15, 0.2) is 54.6 Å². The van der Waals surface area contributed by atoms with Gasteiger partial charge in [-0.3, -0.25) is 5.10 Å². The van der Waals surface area contributed by atoms with E-state index in [1.807, 2.05) is 10.7 Å². The van der Waals surface area contributed by atoms with Crippen molar-refractivity contribution in [3.8, 4) is 11.4 Å². The van der Waals surface area contributed by atoms with Crippen LogP contribution in [0, 0.1) is 11.7 Å². The molecule has 0 spiro atoms. The van der Waals surface area contributed by atoms with Gasteiger partial charge in [0.15, 0.2) is 12.5 Å². The van der Waals surface area contributed by atoms with Gasteiger partial charge >= 0.3 is 0 Å². The molecule has 2 aromatic carbocycles. The molecule has 4 nitrogen and oxygen atoms in total. The molecule has 0 saturated carbocycles. The average molecular weight is 325 g/mol. The second-order valence-corrected chi connectivity index (χ2v) is 6.29. The first-order chi connectivity index (χ1) is 11.1. The lowest BCUT2D eigenvalue weighted by Gasteiger charge is -2.14. The molecule has 1 unspecified atom stereocenters. The highest BCUT2D eigenvalue weighted by molar-refractivity contribution is 7.71. The zero-order chi connectivity index (χ0) is 16.2. The molecule has 0 aliphatic carbocycles. The fraction of sp³-hybridized carbons (Fsp3) is 0.222. The Morgan fingerprint density at radius 1 is 1.09 bits per heavy atom. The molecule has 118 valence electrons. The number of quaternary nitrogens is 1. The molecule has 0 radical (unpaired) electrons. The molecule has 0 fully saturated rings. The maximum atomic E-state index is 5.39. The summed E-state index contributed by atoms with van der Waals surface area (Å²) in [5, 5.41) is 3.31. The largest absolute Gasteiger partial charge is 0.315 e. The van der Waals surface area contributed by atoms with Crippen molar-refractivity contribution in [1.29, 1.82) is 0 Å². The molecule has 0 saturated heterocycles. The first-order valence-corrected chi connectivity index (χ1v) is 8.12. The number of nitrogens with one attached hydrogen (secondary N) is 2. The fourth-order valence-electron chi connectivity index (χ4n) is 2.57. The van der Waals surface area contributed by atoms with Gasteiger partial charge in [-0.2, -0.15) is 4.98 Å². The zero-order valence-corrected chi connectivity index (χ0v) is 14.2. The molecule has 0 amide bonds. The Hall–Kier alpha value is -2.24. The zero-order valence-electron chi connectivity index (χ0n) is 13.4. The summed E-state index contributed by atoms with van der Waals surface area (Å²) in [7, 11) is 2.15. The van der Waals surface area contributed by atoms with E-state index in [2.05, 4.69) is 72.6 Å². The van der Waals surface area contributed by atoms with E-state index in [1.54, 1.807) is 0 Å². The van der Waals surface area contributed by atoms with Crippen molar-refractivity contribution in [3.05, 3.63) is 70.5 Å². The summed E-state index contributed by atoms with van der Waals surface area (Å²) in [6.07, 6.45) is 0. The predicted molar refractivity (Wildman–Crippen MR) is 94.6 cm³/mol. The summed E-state index contributed by atoms with van der Waals surface area (Å²) < 4.78 is 2.52. The van der Waals surface area contributed by atoms with Crippen LogP contribution in [0.2, 0.25) is 0 Å². The van der Waals surface area contributed by atoms with Crippen LogP contribution in [-0.2, 0) is 13.2 Å². The van der Waals surface area contributed by atoms with Crippen LogP contribution in [0.1, 0.15) is 11.1 Å². The number of rotatable bonds is 5. The Balaban J connectivity index is 1.73. The van der Waals surface area contributed by atoms with Gasteiger partial charge in [-0.15, -0.1) is 0 Å². The highest BCUT2D eigenvalue weighted by Gasteiger charge is 2.09. The molecule has 1 heterocycles. The molecular formula is C18H21N4S+. The second kappa shape index (κ2) is 6.89. The Bertz CT molecular complexity index is 818. The fourth-order valence-corrected chi connectivity index (χ4v) is 2.78. The van der Waals surface area contributed by atoms with E-state index in [-0.39, 0.29) is 0 Å². The Morgan fingerprint density at radius 2 is 1.78 bits per heavy atom. The van der Waals surface area contributed by atoms with Gasteiger partial charge in [-0.05, 0) is 19.1 Å². The smallest absolute Gasteiger partial charge is 0.221 e. The van der Waals surface area contributed by atoms with Crippen LogP contribution in [-0.4, -0.2) is 21.8 Å². The van der Waals surface area contributed by atoms with Crippen LogP contribution in [0.3, 0.4) is 0 Å². The van der Waals surface area contributed by atoms with E-state index in [4.69, 9.17) is 12.2 Å². The number of H-pyrrole nitrogens is 1. The third kappa shape index (κ3) is 3.94. The first kappa shape index (κ1) is 15.6. The normalized spacial score (nSPS) is 12.3. The number of hydrogen-bond donors (Lipinski definition) is 2. The van der Waals surface area contributed by atoms with Crippen molar-refractivity contribution < 1.29 is 4.90 Å². The Labute approximate surface area is 141 Å². The van der Waals surface area contributed by atoms with Gasteiger partial charge in [-0.25, -0.2) is 4.68 Å². The second-order valence-electron chi connectivity index (χ2n) is 5.93. The van der Waals surface area contributed by atoms with E-state index in [1.165, 1.54) is 16.0 Å². The van der Waals surface area contributed by atoms with Gasteiger partial charge in [0.1, 0.15) is 6.54 Å². The topological polar surface area (TPSA) is 38.0 Å². The molecule has 5 heteroatoms. The summed E-state index contributed by atoms with van der Waals surface area (Å²) >= 11 is 5.39. The minimum absolute atomic E-state index is 0.591. The quantitative estimate of drug-likeness (QED) is 0.708. The van der Waals surface area contributed by atoms with Crippen LogP contribution >= 0.6 is 12.2 Å². The molecule has 0 bridgehead atoms. The van der Waals surface area contributed by atoms with Crippen molar-refractivity contribution >= 4 is 12.2 Å². The molecule has 0 aliphatic heterocycles. The Morgan fingerprint density at radius 3 is 2.48 bits per heavy atom. The monoisotopic (exact) mass is 325 g/mol. The van der Waals surface area contributed by atoms with Gasteiger partial charge in [0.05, 0.1) is 7.05 Å². The highest BCUT2D eigenvalue weighted by Crippen LogP contribution is 2.15. The lowest BCUT2D eigenvalue weighted by Crippen LogP contribution is -3.07. The number of aromatic amines is 1. The molecule has 0 aliphatic rings. The third-order valence-electron chi connectivity index (χ3n) is 3.78. The number of aryl methyl sites for hydroxylation is 1. The first-order valence-electron chi connectivity index (χ1n) is 7.71. The molecule has 1 aromatic heterocycles. The maximum Gasteiger partial charge on any atom is 0.221 e. The highest BCUT2D eigenvalue weighted by atomic mass is 32.1. The number of hydrogen-bond acceptors (Lipinski definition) is 2. The van der Waals surface area contributed by atoms with Crippen LogP contribution < -0.4 is 4.90 Å². The van der Waals surface area contributed by atoms with Gasteiger partial charge in [0.25, 0.3) is 0 Å². The SMILES string of the molecule is Cc1ccc(-c2nc(=S)n(C[NH+](C)Cc3ccccc3)[nH]2)cc1. The van der Waals surface area contributed by atoms with Crippen molar-refractivity contribution in [2.24, 2.45) is 0 Å². The molecule has 2 N–H and O–H groups in total. The van der Waals surface area contributed by atoms with Crippen molar-refractivity contribution in [1.82, 2.24) is 14.8 Å². The van der Waals surface area contributed by atoms with E-state index in [0.717, 1.165) is 24.6 Å². The van der Waals surface area contributed by atoms with Crippen molar-refractivity contribution in [3.63, 3.8) is 0 Å². The number of benzene rings is 2. The summed E-state index contributed by atoms with van der Waals surface area (Å²) in [6, 6.07) is 18.8. The summed E-state index contributed by atoms with van der Waals surface area (Å²) in [5.74, 6) is 0.822. The summed E-state index contributed by atoms with van der Waals surface area (Å²) in [6.45, 7) is 3.78. The van der Waals surface area contributed by atoms with Crippen LogP contribution in [0.25, 0.3) is 11.4 Å². The lowest BCUT2D eigenvalue weighted by molar-refractivity contribution is -0.917. The number of nitrogens with zero attached hydrogens (tertiary/aromatic N) is 2. The standard InChI is InChI=1S/C18H20N4S/c1-14-8-10-16(11-9-14)17-19-18(23)22(20-17)13-21(2)12-15-6-4-3-5-7-15/h3-11H,12-13H2,1-2H3,(H,19,20,23)/p+1. The van der Waals surface area contributed by atoms with Gasteiger partial charge in [-0.1, -0.05) is 60.2 Å². The van der Waals surface area contributed by atoms with Gasteiger partial charge in [0, 0.05) is 11.1 Å². The molecule has 1 atom stereocenters. The minimum Gasteiger partial charge on any atom is -0.315 e. The maximum absolute atomic E-state index is 5.39. The minimum atomic E-state index is 0.591. The Kier molecular flexibility index (Phi) is 4.69. The third-order valence-corrected chi connectivity index (χ3v) is 4.09. The van der Waals surface area contributed by atoms with Crippen molar-refractivity contribution in [2.75, 3.05) is 7.05 Å². The molecule has 3 aromatic rings. The predicted octanol–water partition coefficient (Wildman–Crippen LogP) is 2.59. The van der Waals surface area contributed by atoms with E-state index in [9.17, 15) is 0 Å². The van der Waals surface area contributed by atoms with Gasteiger partial charge < -0.3 is 4.90 Å². The molecular weight excluding hydrogens is 304 g/mol. The summed E-state index contributed by atoms with van der Waals surface area (Å²) in [4.78, 5) is 5.82. The van der Waals surface area contributed by atoms with Crippen LogP contribution in [0.5, 0.6) is 0 Å². The molecule has 23 heavy (non-hydrogen) atoms. The van der Waals surface area contributed by atoms with Gasteiger partial charge in [0.2, 0.25) is 4.77 Å². The van der Waals surface area contributed by atoms with E-state index < -0.39 is 0 Å². The van der Waals surface area contributed by atoms with E-state index >= 15 is 0 Å². The van der Waals surface area contributed by atoms with E-state index in [0.29, 0.717) is 4.77 Å². The lowest BCUT2D eigenvalue weighted by atomic mass is 10.1. The van der Waals surface area contributed by atoms with Crippen LogP contribution in [0.4, 0.5) is 0 Å². The molecule has 3 rings (SSSR count). The van der Waals surface area contributed by atoms with Crippen molar-refractivity contribution in [2.45, 2.75) is 20.1 Å². The number of aromatic nitrogens is 3.